The quantitative estimate of drug-likeness (QED) is 0.704. The van der Waals surface area contributed by atoms with E-state index in [0.29, 0.717) is 17.0 Å². The van der Waals surface area contributed by atoms with Crippen molar-refractivity contribution >= 4 is 17.5 Å². The molecule has 1 aromatic carbocycles. The van der Waals surface area contributed by atoms with Crippen molar-refractivity contribution in [3.63, 3.8) is 0 Å². The van der Waals surface area contributed by atoms with Gasteiger partial charge in [0.1, 0.15) is 11.8 Å². The molecule has 0 atom stereocenters. The molecule has 4 N–H and O–H groups in total. The van der Waals surface area contributed by atoms with E-state index < -0.39 is 11.8 Å². The molecule has 0 fully saturated rings. The molecule has 1 rings (SSSR count). The van der Waals surface area contributed by atoms with Crippen molar-refractivity contribution in [1.82, 2.24) is 0 Å². The van der Waals surface area contributed by atoms with Gasteiger partial charge in [-0.25, -0.2) is 0 Å². The molecule has 19 heavy (non-hydrogen) atoms. The van der Waals surface area contributed by atoms with Crippen LogP contribution in [0.4, 0.5) is 5.69 Å². The Hall–Kier alpha value is -2.75. The average Bonchev–Trinajstić information content (AvgIpc) is 2.36. The molecule has 1 aromatic rings. The Morgan fingerprint density at radius 3 is 2.32 bits per heavy atom. The van der Waals surface area contributed by atoms with Gasteiger partial charge in [0.25, 0.3) is 0 Å². The van der Waals surface area contributed by atoms with Gasteiger partial charge in [0.2, 0.25) is 11.8 Å². The van der Waals surface area contributed by atoms with Crippen LogP contribution in [0.1, 0.15) is 5.56 Å². The third-order valence-electron chi connectivity index (χ3n) is 2.36. The number of nitrogens with two attached hydrogens (primary N) is 2. The molecule has 0 bridgehead atoms. The van der Waals surface area contributed by atoms with Crippen molar-refractivity contribution in [2.75, 3.05) is 25.1 Å². The van der Waals surface area contributed by atoms with E-state index in [1.165, 1.54) is 18.1 Å². The summed E-state index contributed by atoms with van der Waals surface area (Å²) in [6.45, 7) is -0.435. The van der Waals surface area contributed by atoms with Crippen LogP contribution in [0.5, 0.6) is 5.75 Å². The van der Waals surface area contributed by atoms with Crippen LogP contribution in [0.15, 0.2) is 18.2 Å². The number of hydrogen-bond donors (Lipinski definition) is 2. The summed E-state index contributed by atoms with van der Waals surface area (Å²) in [4.78, 5) is 23.4. The van der Waals surface area contributed by atoms with Gasteiger partial charge >= 0.3 is 0 Å². The monoisotopic (exact) mass is 262 g/mol. The first-order chi connectivity index (χ1) is 8.97. The van der Waals surface area contributed by atoms with Crippen molar-refractivity contribution in [2.45, 2.75) is 0 Å². The summed E-state index contributed by atoms with van der Waals surface area (Å²) in [7, 11) is 1.47. The molecule has 7 heteroatoms. The predicted octanol–water partition coefficient (Wildman–Crippen LogP) is -0.656. The van der Waals surface area contributed by atoms with Crippen LogP contribution < -0.4 is 21.1 Å². The highest BCUT2D eigenvalue weighted by atomic mass is 16.5. The molecule has 0 heterocycles. The van der Waals surface area contributed by atoms with Crippen molar-refractivity contribution < 1.29 is 14.3 Å². The van der Waals surface area contributed by atoms with Crippen molar-refractivity contribution in [3.05, 3.63) is 23.8 Å². The van der Waals surface area contributed by atoms with Crippen molar-refractivity contribution in [3.8, 4) is 11.8 Å². The van der Waals surface area contributed by atoms with Gasteiger partial charge in [-0.3, -0.25) is 9.59 Å². The highest BCUT2D eigenvalue weighted by Gasteiger charge is 2.16. The van der Waals surface area contributed by atoms with E-state index in [1.54, 1.807) is 12.1 Å². The summed E-state index contributed by atoms with van der Waals surface area (Å²) in [6.07, 6.45) is 0. The molecule has 0 aliphatic carbocycles. The lowest BCUT2D eigenvalue weighted by atomic mass is 10.1. The minimum Gasteiger partial charge on any atom is -0.497 e. The molecule has 0 aliphatic heterocycles. The lowest BCUT2D eigenvalue weighted by Crippen LogP contribution is -2.40. The Morgan fingerprint density at radius 2 is 1.89 bits per heavy atom. The van der Waals surface area contributed by atoms with E-state index in [-0.39, 0.29) is 13.1 Å². The first-order valence-corrected chi connectivity index (χ1v) is 5.37. The first kappa shape index (κ1) is 14.3. The van der Waals surface area contributed by atoms with Gasteiger partial charge in [0.15, 0.2) is 0 Å². The van der Waals surface area contributed by atoms with E-state index >= 15 is 0 Å². The van der Waals surface area contributed by atoms with Crippen molar-refractivity contribution in [1.29, 1.82) is 5.26 Å². The summed E-state index contributed by atoms with van der Waals surface area (Å²) < 4.78 is 5.05. The molecular weight excluding hydrogens is 248 g/mol. The number of hydrogen-bond acceptors (Lipinski definition) is 5. The van der Waals surface area contributed by atoms with Gasteiger partial charge in [0, 0.05) is 6.07 Å². The van der Waals surface area contributed by atoms with Gasteiger partial charge < -0.3 is 21.1 Å². The van der Waals surface area contributed by atoms with E-state index in [1.807, 2.05) is 6.07 Å². The summed E-state index contributed by atoms with van der Waals surface area (Å²) >= 11 is 0. The van der Waals surface area contributed by atoms with Crippen LogP contribution in [-0.2, 0) is 9.59 Å². The lowest BCUT2D eigenvalue weighted by Gasteiger charge is -2.23. The maximum atomic E-state index is 11.0. The predicted molar refractivity (Wildman–Crippen MR) is 68.3 cm³/mol. The standard InChI is InChI=1S/C12H14N4O3/c1-19-9-3-2-8(5-13)10(4-9)16(6-11(14)17)7-12(15)18/h2-4H,6-7H2,1H3,(H2,14,17)(H2,15,18). The van der Waals surface area contributed by atoms with Gasteiger partial charge in [-0.15, -0.1) is 0 Å². The Balaban J connectivity index is 3.22. The number of nitrogens with zero attached hydrogens (tertiary/aromatic N) is 2. The summed E-state index contributed by atoms with van der Waals surface area (Å²) in [5, 5.41) is 9.05. The van der Waals surface area contributed by atoms with Gasteiger partial charge in [0.05, 0.1) is 31.5 Å². The second kappa shape index (κ2) is 6.26. The number of anilines is 1. The van der Waals surface area contributed by atoms with Crippen LogP contribution in [0, 0.1) is 11.3 Å². The molecular formula is C12H14N4O3. The zero-order valence-electron chi connectivity index (χ0n) is 10.4. The highest BCUT2D eigenvalue weighted by Crippen LogP contribution is 2.25. The molecule has 100 valence electrons. The smallest absolute Gasteiger partial charge is 0.236 e. The summed E-state index contributed by atoms with van der Waals surface area (Å²) in [5.74, 6) is -0.770. The lowest BCUT2D eigenvalue weighted by molar-refractivity contribution is -0.117. The second-order valence-electron chi connectivity index (χ2n) is 3.78. The number of ether oxygens (including phenoxy) is 1. The van der Waals surface area contributed by atoms with E-state index in [9.17, 15) is 9.59 Å². The maximum absolute atomic E-state index is 11.0. The van der Waals surface area contributed by atoms with Gasteiger partial charge in [-0.2, -0.15) is 5.26 Å². The van der Waals surface area contributed by atoms with E-state index in [0.717, 1.165) is 0 Å². The third-order valence-corrected chi connectivity index (χ3v) is 2.36. The summed E-state index contributed by atoms with van der Waals surface area (Å²) in [6, 6.07) is 6.66. The number of carbonyl (C=O) groups is 2. The molecule has 0 aromatic heterocycles. The largest absolute Gasteiger partial charge is 0.497 e. The Kier molecular flexibility index (Phi) is 4.71. The van der Waals surface area contributed by atoms with Crippen LogP contribution in [-0.4, -0.2) is 32.0 Å². The fourth-order valence-electron chi connectivity index (χ4n) is 1.60. The number of nitriles is 1. The summed E-state index contributed by atoms with van der Waals surface area (Å²) in [5.41, 5.74) is 10.9. The van der Waals surface area contributed by atoms with Crippen LogP contribution in [0.3, 0.4) is 0 Å². The molecule has 0 aliphatic rings. The number of benzene rings is 1. The number of rotatable bonds is 6. The van der Waals surface area contributed by atoms with Crippen molar-refractivity contribution in [2.24, 2.45) is 11.5 Å². The fourth-order valence-corrected chi connectivity index (χ4v) is 1.60. The SMILES string of the molecule is COc1ccc(C#N)c(N(CC(N)=O)CC(N)=O)c1. The minimum atomic E-state index is -0.632. The number of carbonyl (C=O) groups excluding carboxylic acids is 2. The molecule has 0 saturated heterocycles. The fraction of sp³-hybridized carbons (Fsp3) is 0.250. The molecule has 2 amide bonds. The average molecular weight is 262 g/mol. The van der Waals surface area contributed by atoms with Crippen LogP contribution in [0.25, 0.3) is 0 Å². The van der Waals surface area contributed by atoms with E-state index in [4.69, 9.17) is 21.5 Å². The zero-order valence-corrected chi connectivity index (χ0v) is 10.4. The topological polar surface area (TPSA) is 122 Å². The molecule has 0 saturated carbocycles. The number of primary amides is 2. The van der Waals surface area contributed by atoms with Gasteiger partial charge in [-0.05, 0) is 12.1 Å². The highest BCUT2D eigenvalue weighted by molar-refractivity contribution is 5.85. The second-order valence-corrected chi connectivity index (χ2v) is 3.78. The van der Waals surface area contributed by atoms with Gasteiger partial charge in [-0.1, -0.05) is 0 Å². The number of amides is 2. The molecule has 0 radical (unpaired) electrons. The zero-order chi connectivity index (χ0) is 14.4. The Labute approximate surface area is 110 Å². The van der Waals surface area contributed by atoms with E-state index in [2.05, 4.69) is 0 Å². The molecule has 0 unspecified atom stereocenters. The maximum Gasteiger partial charge on any atom is 0.236 e. The Morgan fingerprint density at radius 1 is 1.32 bits per heavy atom. The van der Waals surface area contributed by atoms with Crippen LogP contribution in [0.2, 0.25) is 0 Å². The normalized spacial score (nSPS) is 9.47. The van der Waals surface area contributed by atoms with Crippen LogP contribution >= 0.6 is 0 Å². The first-order valence-electron chi connectivity index (χ1n) is 5.37. The minimum absolute atomic E-state index is 0.217. The number of methoxy groups -OCH3 is 1. The molecule has 0 spiro atoms. The third kappa shape index (κ3) is 3.89. The molecule has 7 nitrogen and oxygen atoms in total. The Bertz CT molecular complexity index is 520.